The minimum Gasteiger partial charge on any atom is -0.352 e. The van der Waals surface area contributed by atoms with Crippen LogP contribution in [0.5, 0.6) is 0 Å². The zero-order chi connectivity index (χ0) is 9.84. The maximum atomic E-state index is 11.6. The second-order valence-electron chi connectivity index (χ2n) is 3.81. The summed E-state index contributed by atoms with van der Waals surface area (Å²) in [4.78, 5) is 11.6. The van der Waals surface area contributed by atoms with E-state index in [2.05, 4.69) is 24.5 Å². The Morgan fingerprint density at radius 1 is 1.50 bits per heavy atom. The van der Waals surface area contributed by atoms with E-state index in [9.17, 15) is 4.79 Å². The molecule has 3 nitrogen and oxygen atoms in total. The monoisotopic (exact) mass is 238 g/mol. The second-order valence-corrected chi connectivity index (χ2v) is 4.84. The van der Waals surface area contributed by atoms with Crippen molar-refractivity contribution in [1.82, 2.24) is 10.6 Å². The number of nitrogens with one attached hydrogen (secondary N) is 2. The Morgan fingerprint density at radius 2 is 2.14 bits per heavy atom. The topological polar surface area (TPSA) is 41.1 Å². The zero-order valence-electron chi connectivity index (χ0n) is 8.87. The molecule has 0 spiro atoms. The van der Waals surface area contributed by atoms with Crippen molar-refractivity contribution < 1.29 is 4.79 Å². The molecule has 1 rings (SSSR count). The maximum absolute atomic E-state index is 11.6. The van der Waals surface area contributed by atoms with Gasteiger partial charge in [-0.3, -0.25) is 10.1 Å². The van der Waals surface area contributed by atoms with Crippen molar-refractivity contribution in [2.75, 3.05) is 11.6 Å². The van der Waals surface area contributed by atoms with E-state index in [1.54, 1.807) is 11.8 Å². The molecule has 1 saturated heterocycles. The van der Waals surface area contributed by atoms with Gasteiger partial charge in [-0.1, -0.05) is 13.8 Å². The fourth-order valence-corrected chi connectivity index (χ4v) is 2.00. The van der Waals surface area contributed by atoms with E-state index >= 15 is 0 Å². The third-order valence-corrected chi connectivity index (χ3v) is 3.34. The van der Waals surface area contributed by atoms with Crippen LogP contribution >= 0.6 is 24.2 Å². The third-order valence-electron chi connectivity index (χ3n) is 2.40. The number of carbonyl (C=O) groups is 1. The Balaban J connectivity index is 0.00000169. The van der Waals surface area contributed by atoms with Crippen LogP contribution in [-0.4, -0.2) is 29.6 Å². The lowest BCUT2D eigenvalue weighted by molar-refractivity contribution is -0.123. The Labute approximate surface area is 96.2 Å². The van der Waals surface area contributed by atoms with Gasteiger partial charge in [-0.05, 0) is 12.8 Å². The van der Waals surface area contributed by atoms with Gasteiger partial charge in [0.25, 0.3) is 0 Å². The van der Waals surface area contributed by atoms with Gasteiger partial charge in [-0.2, -0.15) is 0 Å². The van der Waals surface area contributed by atoms with E-state index < -0.39 is 0 Å². The highest BCUT2D eigenvalue weighted by Crippen LogP contribution is 2.10. The average Bonchev–Trinajstić information content (AvgIpc) is 2.55. The number of amides is 1. The first-order valence-corrected chi connectivity index (χ1v) is 5.88. The quantitative estimate of drug-likeness (QED) is 0.777. The fourth-order valence-electron chi connectivity index (χ4n) is 1.06. The average molecular weight is 239 g/mol. The molecule has 1 aliphatic heterocycles. The van der Waals surface area contributed by atoms with E-state index in [0.29, 0.717) is 5.92 Å². The summed E-state index contributed by atoms with van der Waals surface area (Å²) in [7, 11) is 0. The minimum absolute atomic E-state index is 0. The Hall–Kier alpha value is 0.0700. The summed E-state index contributed by atoms with van der Waals surface area (Å²) < 4.78 is 0. The van der Waals surface area contributed by atoms with E-state index in [1.165, 1.54) is 0 Å². The SMILES string of the molecule is CC(C)C(C)NC(=O)[C@H]1CSCN1.Cl. The first-order valence-electron chi connectivity index (χ1n) is 4.72. The normalized spacial score (nSPS) is 23.0. The van der Waals surface area contributed by atoms with Gasteiger partial charge in [0, 0.05) is 17.7 Å². The number of rotatable bonds is 3. The summed E-state index contributed by atoms with van der Waals surface area (Å²) in [6.45, 7) is 6.27. The fraction of sp³-hybridized carbons (Fsp3) is 0.889. The van der Waals surface area contributed by atoms with Crippen molar-refractivity contribution in [2.45, 2.75) is 32.9 Å². The summed E-state index contributed by atoms with van der Waals surface area (Å²) >= 11 is 1.77. The molecule has 0 aromatic heterocycles. The van der Waals surface area contributed by atoms with Crippen LogP contribution in [0.4, 0.5) is 0 Å². The van der Waals surface area contributed by atoms with E-state index in [1.807, 2.05) is 6.92 Å². The molecular formula is C9H19ClN2OS. The molecule has 0 aliphatic carbocycles. The van der Waals surface area contributed by atoms with Crippen LogP contribution < -0.4 is 10.6 Å². The molecule has 1 unspecified atom stereocenters. The summed E-state index contributed by atoms with van der Waals surface area (Å²) in [6, 6.07) is 0.283. The highest BCUT2D eigenvalue weighted by molar-refractivity contribution is 7.99. The molecule has 2 N–H and O–H groups in total. The van der Waals surface area contributed by atoms with Crippen LogP contribution in [0.1, 0.15) is 20.8 Å². The highest BCUT2D eigenvalue weighted by atomic mass is 35.5. The van der Waals surface area contributed by atoms with Gasteiger partial charge in [-0.15, -0.1) is 24.2 Å². The standard InChI is InChI=1S/C9H18N2OS.ClH/c1-6(2)7(3)11-9(12)8-4-13-5-10-8;/h6-8,10H,4-5H2,1-3H3,(H,11,12);1H/t7?,8-;/m1./s1. The number of carbonyl (C=O) groups excluding carboxylic acids is 1. The molecule has 0 aromatic rings. The number of thioether (sulfide) groups is 1. The van der Waals surface area contributed by atoms with Crippen LogP contribution in [0.25, 0.3) is 0 Å². The van der Waals surface area contributed by atoms with Crippen LogP contribution in [0.3, 0.4) is 0 Å². The lowest BCUT2D eigenvalue weighted by Crippen LogP contribution is -2.46. The smallest absolute Gasteiger partial charge is 0.238 e. The number of hydrogen-bond donors (Lipinski definition) is 2. The predicted octanol–water partition coefficient (Wildman–Crippen LogP) is 1.23. The first-order chi connectivity index (χ1) is 6.11. The molecule has 5 heteroatoms. The van der Waals surface area contributed by atoms with Crippen LogP contribution in [0, 0.1) is 5.92 Å². The zero-order valence-corrected chi connectivity index (χ0v) is 10.5. The van der Waals surface area contributed by atoms with Crippen LogP contribution in [-0.2, 0) is 4.79 Å². The van der Waals surface area contributed by atoms with E-state index in [-0.39, 0.29) is 30.4 Å². The van der Waals surface area contributed by atoms with Gasteiger partial charge in [0.05, 0.1) is 6.04 Å². The van der Waals surface area contributed by atoms with Gasteiger partial charge in [-0.25, -0.2) is 0 Å². The molecule has 0 saturated carbocycles. The largest absolute Gasteiger partial charge is 0.352 e. The second kappa shape index (κ2) is 6.53. The Morgan fingerprint density at radius 3 is 2.57 bits per heavy atom. The van der Waals surface area contributed by atoms with Crippen LogP contribution in [0.15, 0.2) is 0 Å². The van der Waals surface area contributed by atoms with Gasteiger partial charge in [0.15, 0.2) is 0 Å². The first kappa shape index (κ1) is 14.1. The summed E-state index contributed by atoms with van der Waals surface area (Å²) in [5.41, 5.74) is 0. The van der Waals surface area contributed by atoms with E-state index in [0.717, 1.165) is 11.6 Å². The van der Waals surface area contributed by atoms with Crippen molar-refractivity contribution in [3.05, 3.63) is 0 Å². The van der Waals surface area contributed by atoms with Crippen molar-refractivity contribution in [2.24, 2.45) is 5.92 Å². The summed E-state index contributed by atoms with van der Waals surface area (Å²) in [5.74, 6) is 2.44. The highest BCUT2D eigenvalue weighted by Gasteiger charge is 2.23. The third kappa shape index (κ3) is 4.07. The van der Waals surface area contributed by atoms with Gasteiger partial charge >= 0.3 is 0 Å². The predicted molar refractivity (Wildman–Crippen MR) is 63.9 cm³/mol. The van der Waals surface area contributed by atoms with Crippen molar-refractivity contribution in [3.63, 3.8) is 0 Å². The van der Waals surface area contributed by atoms with E-state index in [4.69, 9.17) is 0 Å². The van der Waals surface area contributed by atoms with Crippen LogP contribution in [0.2, 0.25) is 0 Å². The summed E-state index contributed by atoms with van der Waals surface area (Å²) in [5, 5.41) is 6.16. The van der Waals surface area contributed by atoms with Gasteiger partial charge < -0.3 is 5.32 Å². The molecular weight excluding hydrogens is 220 g/mol. The number of halogens is 1. The lowest BCUT2D eigenvalue weighted by Gasteiger charge is -2.19. The van der Waals surface area contributed by atoms with Crippen molar-refractivity contribution in [1.29, 1.82) is 0 Å². The molecule has 2 atom stereocenters. The molecule has 1 aliphatic rings. The van der Waals surface area contributed by atoms with Gasteiger partial charge in [0.2, 0.25) is 5.91 Å². The lowest BCUT2D eigenvalue weighted by atomic mass is 10.1. The number of hydrogen-bond acceptors (Lipinski definition) is 3. The molecule has 0 radical (unpaired) electrons. The van der Waals surface area contributed by atoms with Gasteiger partial charge in [0.1, 0.15) is 0 Å². The molecule has 0 aromatic carbocycles. The molecule has 0 bridgehead atoms. The molecule has 1 heterocycles. The maximum Gasteiger partial charge on any atom is 0.238 e. The summed E-state index contributed by atoms with van der Waals surface area (Å²) in [6.07, 6.45) is 0. The van der Waals surface area contributed by atoms with Crippen molar-refractivity contribution >= 4 is 30.1 Å². The Bertz CT molecular complexity index is 184. The Kier molecular flexibility index (Phi) is 6.57. The molecule has 1 fully saturated rings. The molecule has 84 valence electrons. The van der Waals surface area contributed by atoms with Crippen molar-refractivity contribution in [3.8, 4) is 0 Å². The molecule has 1 amide bonds. The molecule has 14 heavy (non-hydrogen) atoms. The minimum atomic E-state index is 0.